The van der Waals surface area contributed by atoms with Crippen molar-refractivity contribution >= 4 is 29.2 Å². The first-order valence-corrected chi connectivity index (χ1v) is 7.08. The topological polar surface area (TPSA) is 103 Å². The van der Waals surface area contributed by atoms with Crippen LogP contribution >= 0.6 is 0 Å². The van der Waals surface area contributed by atoms with E-state index in [1.165, 1.54) is 21.3 Å². The lowest BCUT2D eigenvalue weighted by Gasteiger charge is -2.14. The minimum Gasteiger partial charge on any atom is -0.495 e. The van der Waals surface area contributed by atoms with Crippen molar-refractivity contribution in [2.24, 2.45) is 0 Å². The fourth-order valence-electron chi connectivity index (χ4n) is 1.71. The number of hydrogen-bond donors (Lipinski definition) is 2. The molecular formula is C16H20N2O6. The zero-order valence-electron chi connectivity index (χ0n) is 14.0. The van der Waals surface area contributed by atoms with E-state index in [0.29, 0.717) is 23.5 Å². The van der Waals surface area contributed by atoms with E-state index in [-0.39, 0.29) is 11.6 Å². The van der Waals surface area contributed by atoms with Crippen LogP contribution in [0, 0.1) is 0 Å². The summed E-state index contributed by atoms with van der Waals surface area (Å²) in [6.45, 7) is 1.72. The number of esters is 2. The van der Waals surface area contributed by atoms with Crippen molar-refractivity contribution in [2.75, 3.05) is 32.0 Å². The average molecular weight is 336 g/mol. The second-order valence-electron chi connectivity index (χ2n) is 4.51. The monoisotopic (exact) mass is 336 g/mol. The number of carbonyl (C=O) groups is 3. The lowest BCUT2D eigenvalue weighted by atomic mass is 10.2. The molecule has 0 heterocycles. The molecule has 0 radical (unpaired) electrons. The van der Waals surface area contributed by atoms with Crippen LogP contribution in [0.2, 0.25) is 0 Å². The van der Waals surface area contributed by atoms with Gasteiger partial charge in [-0.05, 0) is 18.2 Å². The van der Waals surface area contributed by atoms with Crippen LogP contribution in [0.1, 0.15) is 13.3 Å². The van der Waals surface area contributed by atoms with Crippen LogP contribution < -0.4 is 15.4 Å². The molecule has 24 heavy (non-hydrogen) atoms. The Bertz CT molecular complexity index is 654. The normalized spacial score (nSPS) is 10.6. The minimum atomic E-state index is -0.740. The molecule has 2 N–H and O–H groups in total. The van der Waals surface area contributed by atoms with Crippen LogP contribution in [-0.4, -0.2) is 39.2 Å². The number of ether oxygens (including phenoxy) is 3. The molecule has 0 fully saturated rings. The number of benzene rings is 1. The van der Waals surface area contributed by atoms with Gasteiger partial charge >= 0.3 is 11.9 Å². The molecule has 0 aliphatic carbocycles. The molecule has 130 valence electrons. The lowest BCUT2D eigenvalue weighted by Crippen LogP contribution is -2.16. The van der Waals surface area contributed by atoms with Gasteiger partial charge in [-0.3, -0.25) is 4.79 Å². The zero-order chi connectivity index (χ0) is 18.1. The number of anilines is 2. The molecule has 0 aromatic heterocycles. The Morgan fingerprint density at radius 2 is 1.79 bits per heavy atom. The summed E-state index contributed by atoms with van der Waals surface area (Å²) in [6, 6.07) is 4.80. The van der Waals surface area contributed by atoms with E-state index in [1.807, 2.05) is 0 Å². The molecule has 1 aromatic rings. The molecule has 8 nitrogen and oxygen atoms in total. The molecule has 0 atom stereocenters. The Kier molecular flexibility index (Phi) is 7.28. The molecule has 1 amide bonds. The lowest BCUT2D eigenvalue weighted by molar-refractivity contribution is -0.138. The van der Waals surface area contributed by atoms with Crippen molar-refractivity contribution in [1.82, 2.24) is 0 Å². The van der Waals surface area contributed by atoms with E-state index < -0.39 is 11.9 Å². The fourth-order valence-corrected chi connectivity index (χ4v) is 1.71. The summed E-state index contributed by atoms with van der Waals surface area (Å²) < 4.78 is 14.3. The summed E-state index contributed by atoms with van der Waals surface area (Å²) >= 11 is 0. The van der Waals surface area contributed by atoms with Gasteiger partial charge in [-0.25, -0.2) is 9.59 Å². The van der Waals surface area contributed by atoms with Gasteiger partial charge in [-0.15, -0.1) is 0 Å². The van der Waals surface area contributed by atoms with Crippen molar-refractivity contribution in [3.63, 3.8) is 0 Å². The van der Waals surface area contributed by atoms with Gasteiger partial charge in [0.15, 0.2) is 0 Å². The maximum Gasteiger partial charge on any atom is 0.354 e. The molecule has 1 aromatic carbocycles. The van der Waals surface area contributed by atoms with Crippen molar-refractivity contribution in [1.29, 1.82) is 0 Å². The van der Waals surface area contributed by atoms with Crippen LogP contribution in [0.15, 0.2) is 30.0 Å². The third-order valence-electron chi connectivity index (χ3n) is 2.94. The van der Waals surface area contributed by atoms with Crippen LogP contribution in [-0.2, 0) is 23.9 Å². The molecule has 0 saturated carbocycles. The summed E-state index contributed by atoms with van der Waals surface area (Å²) in [5, 5.41) is 5.45. The Hall–Kier alpha value is -3.03. The number of nitrogens with one attached hydrogen (secondary N) is 2. The molecule has 0 saturated heterocycles. The zero-order valence-corrected chi connectivity index (χ0v) is 14.0. The number of methoxy groups -OCH3 is 3. The van der Waals surface area contributed by atoms with Crippen LogP contribution in [0.4, 0.5) is 11.4 Å². The van der Waals surface area contributed by atoms with Gasteiger partial charge in [0.25, 0.3) is 0 Å². The number of carbonyl (C=O) groups excluding carboxylic acids is 3. The van der Waals surface area contributed by atoms with E-state index >= 15 is 0 Å². The Morgan fingerprint density at radius 1 is 1.08 bits per heavy atom. The Morgan fingerprint density at radius 3 is 2.33 bits per heavy atom. The van der Waals surface area contributed by atoms with E-state index in [4.69, 9.17) is 4.74 Å². The molecule has 0 aliphatic rings. The van der Waals surface area contributed by atoms with Gasteiger partial charge in [0.1, 0.15) is 11.4 Å². The molecular weight excluding hydrogens is 316 g/mol. The predicted molar refractivity (Wildman–Crippen MR) is 87.7 cm³/mol. The Labute approximate surface area is 139 Å². The standard InChI is InChI=1S/C16H20N2O6/c1-5-14(19)18-11-8-10(6-7-13(11)22-2)17-12(16(21)24-4)9-15(20)23-3/h6-9,17H,5H2,1-4H3,(H,18,19)/b12-9+. The van der Waals surface area contributed by atoms with Gasteiger partial charge in [-0.2, -0.15) is 0 Å². The fraction of sp³-hybridized carbons (Fsp3) is 0.312. The number of rotatable bonds is 7. The van der Waals surface area contributed by atoms with E-state index in [1.54, 1.807) is 25.1 Å². The number of amides is 1. The molecule has 0 spiro atoms. The number of hydrogen-bond acceptors (Lipinski definition) is 7. The summed E-state index contributed by atoms with van der Waals surface area (Å²) in [7, 11) is 3.86. The SMILES string of the molecule is CCC(=O)Nc1cc(N/C(=C/C(=O)OC)C(=O)OC)ccc1OC. The molecule has 0 unspecified atom stereocenters. The van der Waals surface area contributed by atoms with Gasteiger partial charge in [-0.1, -0.05) is 6.92 Å². The van der Waals surface area contributed by atoms with Crippen molar-refractivity contribution in [2.45, 2.75) is 13.3 Å². The minimum absolute atomic E-state index is 0.109. The molecule has 1 rings (SSSR count). The highest BCUT2D eigenvalue weighted by Gasteiger charge is 2.14. The molecule has 0 aliphatic heterocycles. The quantitative estimate of drug-likeness (QED) is 0.577. The van der Waals surface area contributed by atoms with Gasteiger partial charge < -0.3 is 24.8 Å². The highest BCUT2D eigenvalue weighted by molar-refractivity contribution is 5.99. The summed E-state index contributed by atoms with van der Waals surface area (Å²) in [5.41, 5.74) is 0.765. The maximum absolute atomic E-state index is 11.7. The van der Waals surface area contributed by atoms with Crippen molar-refractivity contribution in [3.05, 3.63) is 30.0 Å². The highest BCUT2D eigenvalue weighted by atomic mass is 16.5. The second-order valence-corrected chi connectivity index (χ2v) is 4.51. The first-order valence-electron chi connectivity index (χ1n) is 7.08. The van der Waals surface area contributed by atoms with Gasteiger partial charge in [0, 0.05) is 12.1 Å². The summed E-state index contributed by atoms with van der Waals surface area (Å²) in [5.74, 6) is -1.19. The summed E-state index contributed by atoms with van der Waals surface area (Å²) in [4.78, 5) is 34.7. The van der Waals surface area contributed by atoms with Crippen LogP contribution in [0.25, 0.3) is 0 Å². The highest BCUT2D eigenvalue weighted by Crippen LogP contribution is 2.28. The Balaban J connectivity index is 3.13. The third-order valence-corrected chi connectivity index (χ3v) is 2.94. The average Bonchev–Trinajstić information content (AvgIpc) is 2.60. The maximum atomic E-state index is 11.7. The first-order chi connectivity index (χ1) is 11.4. The van der Waals surface area contributed by atoms with Crippen LogP contribution in [0.5, 0.6) is 5.75 Å². The van der Waals surface area contributed by atoms with E-state index in [0.717, 1.165) is 6.08 Å². The second kappa shape index (κ2) is 9.19. The smallest absolute Gasteiger partial charge is 0.354 e. The van der Waals surface area contributed by atoms with Crippen molar-refractivity contribution in [3.8, 4) is 5.75 Å². The van der Waals surface area contributed by atoms with E-state index in [2.05, 4.69) is 20.1 Å². The molecule has 8 heteroatoms. The largest absolute Gasteiger partial charge is 0.495 e. The molecule has 0 bridgehead atoms. The van der Waals surface area contributed by atoms with Crippen LogP contribution in [0.3, 0.4) is 0 Å². The first kappa shape index (κ1) is 19.0. The predicted octanol–water partition coefficient (Wildman–Crippen LogP) is 1.69. The van der Waals surface area contributed by atoms with Gasteiger partial charge in [0.2, 0.25) is 5.91 Å². The summed E-state index contributed by atoms with van der Waals surface area (Å²) in [6.07, 6.45) is 1.27. The van der Waals surface area contributed by atoms with E-state index in [9.17, 15) is 14.4 Å². The third kappa shape index (κ3) is 5.31. The van der Waals surface area contributed by atoms with Crippen molar-refractivity contribution < 1.29 is 28.6 Å². The van der Waals surface area contributed by atoms with Gasteiger partial charge in [0.05, 0.1) is 33.1 Å².